The quantitative estimate of drug-likeness (QED) is 0.930. The molecule has 1 saturated heterocycles. The second-order valence-electron chi connectivity index (χ2n) is 5.35. The van der Waals surface area contributed by atoms with Crippen LogP contribution in [0.4, 0.5) is 4.79 Å². The number of imidazole rings is 1. The minimum absolute atomic E-state index is 0.0180. The van der Waals surface area contributed by atoms with Gasteiger partial charge in [-0.05, 0) is 18.1 Å². The molecule has 0 aliphatic carbocycles. The van der Waals surface area contributed by atoms with Crippen LogP contribution in [0.15, 0.2) is 36.9 Å². The summed E-state index contributed by atoms with van der Waals surface area (Å²) in [5.74, 6) is 1.38. The molecule has 3 rings (SSSR count). The summed E-state index contributed by atoms with van der Waals surface area (Å²) in [7, 11) is 1.99. The zero-order valence-electron chi connectivity index (χ0n) is 12.1. The Morgan fingerprint density at radius 2 is 2.38 bits per heavy atom. The molecule has 1 aliphatic heterocycles. The van der Waals surface area contributed by atoms with E-state index in [0.29, 0.717) is 12.5 Å². The first-order valence-corrected chi connectivity index (χ1v) is 7.13. The second kappa shape index (κ2) is 5.95. The summed E-state index contributed by atoms with van der Waals surface area (Å²) in [4.78, 5) is 22.5. The minimum atomic E-state index is -0.0180. The number of nitrogens with zero attached hydrogens (tertiary/aromatic N) is 4. The number of nitrogens with one attached hydrogen (secondary N) is 1. The molecular formula is C15H19N5O. The van der Waals surface area contributed by atoms with Crippen LogP contribution in [0.5, 0.6) is 0 Å². The fourth-order valence-electron chi connectivity index (χ4n) is 2.72. The maximum atomic E-state index is 12.2. The average Bonchev–Trinajstić information content (AvgIpc) is 3.14. The molecule has 110 valence electrons. The van der Waals surface area contributed by atoms with E-state index in [2.05, 4.69) is 15.3 Å². The predicted octanol–water partition coefficient (Wildman–Crippen LogP) is 1.51. The van der Waals surface area contributed by atoms with E-state index < -0.39 is 0 Å². The van der Waals surface area contributed by atoms with E-state index in [0.717, 1.165) is 30.9 Å². The molecule has 2 amide bonds. The van der Waals surface area contributed by atoms with Crippen molar-refractivity contribution in [1.82, 2.24) is 24.8 Å². The summed E-state index contributed by atoms with van der Waals surface area (Å²) in [6.45, 7) is 2.01. The number of carbonyl (C=O) groups excluding carboxylic acids is 1. The highest BCUT2D eigenvalue weighted by molar-refractivity contribution is 5.74. The van der Waals surface area contributed by atoms with Gasteiger partial charge in [-0.3, -0.25) is 4.98 Å². The van der Waals surface area contributed by atoms with Crippen molar-refractivity contribution in [2.75, 3.05) is 13.1 Å². The molecule has 6 nitrogen and oxygen atoms in total. The van der Waals surface area contributed by atoms with Gasteiger partial charge in [0, 0.05) is 57.4 Å². The van der Waals surface area contributed by atoms with Crippen LogP contribution in [0.3, 0.4) is 0 Å². The molecule has 0 aromatic carbocycles. The highest BCUT2D eigenvalue weighted by Gasteiger charge is 2.29. The first kappa shape index (κ1) is 13.6. The number of aryl methyl sites for hydroxylation is 1. The first-order valence-electron chi connectivity index (χ1n) is 7.13. The van der Waals surface area contributed by atoms with Gasteiger partial charge in [-0.15, -0.1) is 0 Å². The maximum absolute atomic E-state index is 12.2. The molecule has 2 aromatic rings. The third kappa shape index (κ3) is 3.04. The number of hydrogen-bond donors (Lipinski definition) is 1. The summed E-state index contributed by atoms with van der Waals surface area (Å²) < 4.78 is 2.03. The van der Waals surface area contributed by atoms with Crippen molar-refractivity contribution in [3.8, 4) is 0 Å². The van der Waals surface area contributed by atoms with Gasteiger partial charge in [-0.25, -0.2) is 9.78 Å². The monoisotopic (exact) mass is 285 g/mol. The fraction of sp³-hybridized carbons (Fsp3) is 0.400. The van der Waals surface area contributed by atoms with Crippen LogP contribution in [0.2, 0.25) is 0 Å². The second-order valence-corrected chi connectivity index (χ2v) is 5.35. The number of carbonyl (C=O) groups is 1. The number of pyridine rings is 1. The molecule has 1 unspecified atom stereocenters. The highest BCUT2D eigenvalue weighted by atomic mass is 16.2. The van der Waals surface area contributed by atoms with Crippen molar-refractivity contribution in [2.45, 2.75) is 18.9 Å². The van der Waals surface area contributed by atoms with Crippen LogP contribution >= 0.6 is 0 Å². The van der Waals surface area contributed by atoms with Gasteiger partial charge in [0.25, 0.3) is 0 Å². The molecular weight excluding hydrogens is 266 g/mol. The molecule has 0 saturated carbocycles. The van der Waals surface area contributed by atoms with Crippen LogP contribution in [-0.2, 0) is 13.6 Å². The molecule has 0 bridgehead atoms. The van der Waals surface area contributed by atoms with Crippen molar-refractivity contribution in [1.29, 1.82) is 0 Å². The van der Waals surface area contributed by atoms with Gasteiger partial charge in [0.2, 0.25) is 0 Å². The molecule has 6 heteroatoms. The van der Waals surface area contributed by atoms with E-state index in [1.807, 2.05) is 34.8 Å². The smallest absolute Gasteiger partial charge is 0.317 e. The molecule has 1 fully saturated rings. The van der Waals surface area contributed by atoms with E-state index >= 15 is 0 Å². The molecule has 21 heavy (non-hydrogen) atoms. The van der Waals surface area contributed by atoms with Crippen molar-refractivity contribution >= 4 is 6.03 Å². The predicted molar refractivity (Wildman–Crippen MR) is 78.6 cm³/mol. The fourth-order valence-corrected chi connectivity index (χ4v) is 2.72. The first-order chi connectivity index (χ1) is 10.2. The summed E-state index contributed by atoms with van der Waals surface area (Å²) in [5.41, 5.74) is 1.01. The molecule has 2 aromatic heterocycles. The zero-order valence-corrected chi connectivity index (χ0v) is 12.1. The Balaban J connectivity index is 1.54. The number of hydrogen-bond acceptors (Lipinski definition) is 3. The van der Waals surface area contributed by atoms with Gasteiger partial charge in [0.15, 0.2) is 0 Å². The number of rotatable bonds is 3. The third-order valence-electron chi connectivity index (χ3n) is 3.87. The molecule has 3 heterocycles. The molecule has 1 N–H and O–H groups in total. The number of urea groups is 1. The van der Waals surface area contributed by atoms with Gasteiger partial charge >= 0.3 is 6.03 Å². The minimum Gasteiger partial charge on any atom is -0.338 e. The molecule has 0 radical (unpaired) electrons. The normalized spacial score (nSPS) is 18.0. The SMILES string of the molecule is Cn1ccnc1C1CCN(C(=O)NCc2cccnc2)C1. The van der Waals surface area contributed by atoms with Gasteiger partial charge < -0.3 is 14.8 Å². The molecule has 0 spiro atoms. The highest BCUT2D eigenvalue weighted by Crippen LogP contribution is 2.25. The van der Waals surface area contributed by atoms with Crippen LogP contribution in [0, 0.1) is 0 Å². The Morgan fingerprint density at radius 1 is 1.48 bits per heavy atom. The molecule has 1 atom stereocenters. The lowest BCUT2D eigenvalue weighted by molar-refractivity contribution is 0.207. The summed E-state index contributed by atoms with van der Waals surface area (Å²) in [6.07, 6.45) is 8.20. The Morgan fingerprint density at radius 3 is 3.10 bits per heavy atom. The number of likely N-dealkylation sites (tertiary alicyclic amines) is 1. The van der Waals surface area contributed by atoms with E-state index in [1.165, 1.54) is 0 Å². The Labute approximate surface area is 123 Å². The topological polar surface area (TPSA) is 63.1 Å². The van der Waals surface area contributed by atoms with Gasteiger partial charge in [-0.1, -0.05) is 6.07 Å². The summed E-state index contributed by atoms with van der Waals surface area (Å²) in [5, 5.41) is 2.94. The standard InChI is InChI=1S/C15H19N5O/c1-19-8-6-17-14(19)13-4-7-20(11-13)15(21)18-10-12-3-2-5-16-9-12/h2-3,5-6,8-9,13H,4,7,10-11H2,1H3,(H,18,21). The van der Waals surface area contributed by atoms with Crippen LogP contribution < -0.4 is 5.32 Å². The lowest BCUT2D eigenvalue weighted by atomic mass is 10.1. The average molecular weight is 285 g/mol. The van der Waals surface area contributed by atoms with Crippen molar-refractivity contribution < 1.29 is 4.79 Å². The van der Waals surface area contributed by atoms with Crippen molar-refractivity contribution in [3.05, 3.63) is 48.3 Å². The van der Waals surface area contributed by atoms with Crippen LogP contribution in [0.1, 0.15) is 23.7 Å². The Hall–Kier alpha value is -2.37. The largest absolute Gasteiger partial charge is 0.338 e. The summed E-state index contributed by atoms with van der Waals surface area (Å²) in [6, 6.07) is 3.80. The lowest BCUT2D eigenvalue weighted by Gasteiger charge is -2.17. The van der Waals surface area contributed by atoms with E-state index in [-0.39, 0.29) is 6.03 Å². The van der Waals surface area contributed by atoms with E-state index in [4.69, 9.17) is 0 Å². The van der Waals surface area contributed by atoms with Gasteiger partial charge in [0.1, 0.15) is 5.82 Å². The van der Waals surface area contributed by atoms with Crippen molar-refractivity contribution in [3.63, 3.8) is 0 Å². The maximum Gasteiger partial charge on any atom is 0.317 e. The van der Waals surface area contributed by atoms with Gasteiger partial charge in [-0.2, -0.15) is 0 Å². The third-order valence-corrected chi connectivity index (χ3v) is 3.87. The van der Waals surface area contributed by atoms with Crippen LogP contribution in [0.25, 0.3) is 0 Å². The van der Waals surface area contributed by atoms with E-state index in [1.54, 1.807) is 18.6 Å². The van der Waals surface area contributed by atoms with Gasteiger partial charge in [0.05, 0.1) is 0 Å². The van der Waals surface area contributed by atoms with E-state index in [9.17, 15) is 4.79 Å². The summed E-state index contributed by atoms with van der Waals surface area (Å²) >= 11 is 0. The Kier molecular flexibility index (Phi) is 3.85. The molecule has 1 aliphatic rings. The lowest BCUT2D eigenvalue weighted by Crippen LogP contribution is -2.38. The number of amides is 2. The Bertz CT molecular complexity index is 610. The van der Waals surface area contributed by atoms with Crippen LogP contribution in [-0.4, -0.2) is 38.6 Å². The van der Waals surface area contributed by atoms with Crippen molar-refractivity contribution in [2.24, 2.45) is 7.05 Å². The zero-order chi connectivity index (χ0) is 14.7. The number of aromatic nitrogens is 3.